The molecule has 0 aromatic rings. The summed E-state index contributed by atoms with van der Waals surface area (Å²) in [6.07, 6.45) is 13.7. The van der Waals surface area contributed by atoms with Crippen LogP contribution in [0.1, 0.15) is 26.2 Å². The molecule has 2 heteroatoms. The van der Waals surface area contributed by atoms with Crippen LogP contribution in [0.15, 0.2) is 29.4 Å². The molecule has 0 rings (SSSR count). The first-order valence-corrected chi connectivity index (χ1v) is 4.78. The van der Waals surface area contributed by atoms with E-state index in [1.807, 2.05) is 26.4 Å². The first kappa shape index (κ1) is 11.9. The molecule has 0 atom stereocenters. The van der Waals surface area contributed by atoms with Crippen LogP contribution in [-0.4, -0.2) is 25.3 Å². The Morgan fingerprint density at radius 2 is 1.77 bits per heavy atom. The fraction of sp³-hybridized carbons (Fsp3) is 0.545. The summed E-state index contributed by atoms with van der Waals surface area (Å²) in [6, 6.07) is 0. The van der Waals surface area contributed by atoms with Gasteiger partial charge in [-0.2, -0.15) is 5.10 Å². The normalized spacial score (nSPS) is 12.2. The fourth-order valence-electron chi connectivity index (χ4n) is 0.806. The van der Waals surface area contributed by atoms with Gasteiger partial charge in [0.15, 0.2) is 0 Å². The lowest BCUT2D eigenvalue weighted by molar-refractivity contribution is 0.440. The van der Waals surface area contributed by atoms with Gasteiger partial charge in [0, 0.05) is 20.3 Å². The molecule has 0 aromatic heterocycles. The van der Waals surface area contributed by atoms with Crippen molar-refractivity contribution in [2.45, 2.75) is 26.2 Å². The molecule has 0 bridgehead atoms. The van der Waals surface area contributed by atoms with E-state index in [0.717, 1.165) is 19.3 Å². The number of hydrogen-bond acceptors (Lipinski definition) is 2. The van der Waals surface area contributed by atoms with Gasteiger partial charge in [0.2, 0.25) is 0 Å². The maximum Gasteiger partial charge on any atom is 0.0467 e. The summed E-state index contributed by atoms with van der Waals surface area (Å²) in [5, 5.41) is 5.84. The lowest BCUT2D eigenvalue weighted by Crippen LogP contribution is -2.00. The van der Waals surface area contributed by atoms with Crippen molar-refractivity contribution in [1.82, 2.24) is 5.01 Å². The van der Waals surface area contributed by atoms with Crippen LogP contribution in [0.2, 0.25) is 0 Å². The summed E-state index contributed by atoms with van der Waals surface area (Å²) in [4.78, 5) is 0. The van der Waals surface area contributed by atoms with Crippen molar-refractivity contribution < 1.29 is 0 Å². The van der Waals surface area contributed by atoms with Gasteiger partial charge in [-0.1, -0.05) is 25.2 Å². The molecular weight excluding hydrogens is 160 g/mol. The molecule has 0 aliphatic carbocycles. The Hall–Kier alpha value is -1.05. The highest BCUT2D eigenvalue weighted by Crippen LogP contribution is 1.93. The Morgan fingerprint density at radius 3 is 2.38 bits per heavy atom. The van der Waals surface area contributed by atoms with E-state index < -0.39 is 0 Å². The van der Waals surface area contributed by atoms with Crippen molar-refractivity contribution in [3.63, 3.8) is 0 Å². The zero-order valence-corrected chi connectivity index (χ0v) is 8.90. The van der Waals surface area contributed by atoms with E-state index >= 15 is 0 Å². The van der Waals surface area contributed by atoms with Crippen molar-refractivity contribution >= 4 is 6.21 Å². The summed E-state index contributed by atoms with van der Waals surface area (Å²) in [5.41, 5.74) is 0. The minimum absolute atomic E-state index is 1.09. The third kappa shape index (κ3) is 10.9. The van der Waals surface area contributed by atoms with E-state index in [1.54, 1.807) is 5.01 Å². The second-order valence-corrected chi connectivity index (χ2v) is 3.00. The third-order valence-electron chi connectivity index (χ3n) is 1.42. The van der Waals surface area contributed by atoms with Crippen LogP contribution >= 0.6 is 0 Å². The molecule has 0 N–H and O–H groups in total. The zero-order chi connectivity index (χ0) is 9.94. The SMILES string of the molecule is CC/C=C\CC/C=C/C=N/N(C)C. The van der Waals surface area contributed by atoms with Gasteiger partial charge in [-0.05, 0) is 25.3 Å². The molecule has 2 nitrogen and oxygen atoms in total. The monoisotopic (exact) mass is 180 g/mol. The van der Waals surface area contributed by atoms with Gasteiger partial charge in [0.1, 0.15) is 0 Å². The molecule has 0 fully saturated rings. The maximum atomic E-state index is 4.06. The van der Waals surface area contributed by atoms with Crippen molar-refractivity contribution in [2.24, 2.45) is 5.10 Å². The molecule has 13 heavy (non-hydrogen) atoms. The van der Waals surface area contributed by atoms with Gasteiger partial charge in [0.05, 0.1) is 0 Å². The Kier molecular flexibility index (Phi) is 8.31. The van der Waals surface area contributed by atoms with E-state index in [9.17, 15) is 0 Å². The predicted octanol–water partition coefficient (Wildman–Crippen LogP) is 2.84. The van der Waals surface area contributed by atoms with Crippen LogP contribution in [0.4, 0.5) is 0 Å². The molecule has 0 aliphatic rings. The number of hydrazone groups is 1. The second-order valence-electron chi connectivity index (χ2n) is 3.00. The fourth-order valence-corrected chi connectivity index (χ4v) is 0.806. The Balaban J connectivity index is 3.37. The Bertz CT molecular complexity index is 179. The molecule has 0 aromatic carbocycles. The lowest BCUT2D eigenvalue weighted by atomic mass is 10.2. The summed E-state index contributed by atoms with van der Waals surface area (Å²) in [5.74, 6) is 0. The van der Waals surface area contributed by atoms with Crippen LogP contribution in [0.3, 0.4) is 0 Å². The Labute approximate surface area is 81.6 Å². The maximum absolute atomic E-state index is 4.06. The molecule has 0 saturated carbocycles. The van der Waals surface area contributed by atoms with E-state index in [-0.39, 0.29) is 0 Å². The first-order chi connectivity index (χ1) is 6.27. The highest BCUT2D eigenvalue weighted by molar-refractivity contribution is 5.70. The topological polar surface area (TPSA) is 15.6 Å². The second kappa shape index (κ2) is 9.04. The van der Waals surface area contributed by atoms with Gasteiger partial charge in [-0.25, -0.2) is 0 Å². The molecule has 0 heterocycles. The molecular formula is C11H20N2. The lowest BCUT2D eigenvalue weighted by Gasteiger charge is -1.99. The highest BCUT2D eigenvalue weighted by Gasteiger charge is 1.75. The van der Waals surface area contributed by atoms with E-state index in [0.29, 0.717) is 0 Å². The van der Waals surface area contributed by atoms with Crippen LogP contribution in [0, 0.1) is 0 Å². The molecule has 0 saturated heterocycles. The first-order valence-electron chi connectivity index (χ1n) is 4.78. The highest BCUT2D eigenvalue weighted by atomic mass is 15.4. The average Bonchev–Trinajstić information content (AvgIpc) is 2.09. The smallest absolute Gasteiger partial charge is 0.0467 e. The van der Waals surface area contributed by atoms with Crippen molar-refractivity contribution in [3.8, 4) is 0 Å². The molecule has 0 aliphatic heterocycles. The minimum Gasteiger partial charge on any atom is -0.303 e. The van der Waals surface area contributed by atoms with Gasteiger partial charge in [0.25, 0.3) is 0 Å². The molecule has 0 spiro atoms. The summed E-state index contributed by atoms with van der Waals surface area (Å²) < 4.78 is 0. The molecule has 0 amide bonds. The van der Waals surface area contributed by atoms with Gasteiger partial charge in [-0.3, -0.25) is 0 Å². The predicted molar refractivity (Wildman–Crippen MR) is 60.0 cm³/mol. The largest absolute Gasteiger partial charge is 0.303 e. The van der Waals surface area contributed by atoms with Gasteiger partial charge in [-0.15, -0.1) is 0 Å². The number of unbranched alkanes of at least 4 members (excludes halogenated alkanes) is 1. The van der Waals surface area contributed by atoms with E-state index in [2.05, 4.69) is 30.3 Å². The molecule has 0 radical (unpaired) electrons. The summed E-state index contributed by atoms with van der Waals surface area (Å²) in [7, 11) is 3.82. The molecule has 0 unspecified atom stereocenters. The Morgan fingerprint density at radius 1 is 1.08 bits per heavy atom. The average molecular weight is 180 g/mol. The van der Waals surface area contributed by atoms with Crippen molar-refractivity contribution in [1.29, 1.82) is 0 Å². The van der Waals surface area contributed by atoms with Crippen LogP contribution in [0.25, 0.3) is 0 Å². The third-order valence-corrected chi connectivity index (χ3v) is 1.42. The number of nitrogens with zero attached hydrogens (tertiary/aromatic N) is 2. The number of rotatable bonds is 6. The van der Waals surface area contributed by atoms with Gasteiger partial charge < -0.3 is 5.01 Å². The van der Waals surface area contributed by atoms with Crippen LogP contribution < -0.4 is 0 Å². The quantitative estimate of drug-likeness (QED) is 0.265. The van der Waals surface area contributed by atoms with Crippen molar-refractivity contribution in [3.05, 3.63) is 24.3 Å². The minimum atomic E-state index is 1.09. The standard InChI is InChI=1S/C11H20N2/c1-4-5-6-7-8-9-10-11-12-13(2)3/h5-6,9-11H,4,7-8H2,1-3H3/b6-5-,10-9+,12-11+. The zero-order valence-electron chi connectivity index (χ0n) is 8.90. The van der Waals surface area contributed by atoms with E-state index in [1.165, 1.54) is 0 Å². The van der Waals surface area contributed by atoms with Crippen molar-refractivity contribution in [2.75, 3.05) is 14.1 Å². The van der Waals surface area contributed by atoms with E-state index in [4.69, 9.17) is 0 Å². The summed E-state index contributed by atoms with van der Waals surface area (Å²) in [6.45, 7) is 2.15. The molecule has 74 valence electrons. The van der Waals surface area contributed by atoms with Crippen LogP contribution in [0.5, 0.6) is 0 Å². The number of hydrogen-bond donors (Lipinski definition) is 0. The van der Waals surface area contributed by atoms with Crippen LogP contribution in [-0.2, 0) is 0 Å². The summed E-state index contributed by atoms with van der Waals surface area (Å²) >= 11 is 0. The number of allylic oxidation sites excluding steroid dienone is 4. The van der Waals surface area contributed by atoms with Gasteiger partial charge >= 0.3 is 0 Å².